The summed E-state index contributed by atoms with van der Waals surface area (Å²) in [7, 11) is 1.74. The molecule has 5 heteroatoms. The summed E-state index contributed by atoms with van der Waals surface area (Å²) in [6.45, 7) is 12.7. The molecule has 1 heterocycles. The fraction of sp³-hybridized carbons (Fsp3) is 0.941. The van der Waals surface area contributed by atoms with E-state index in [4.69, 9.17) is 9.73 Å². The van der Waals surface area contributed by atoms with Gasteiger partial charge in [-0.15, -0.1) is 0 Å². The van der Waals surface area contributed by atoms with E-state index < -0.39 is 0 Å². The molecule has 1 atom stereocenters. The second-order valence-electron chi connectivity index (χ2n) is 6.52. The average molecular weight is 313 g/mol. The number of nitrogens with one attached hydrogen (secondary N) is 2. The van der Waals surface area contributed by atoms with Crippen LogP contribution < -0.4 is 10.6 Å². The summed E-state index contributed by atoms with van der Waals surface area (Å²) in [6, 6.07) is 0.580. The fourth-order valence-electron chi connectivity index (χ4n) is 2.95. The Morgan fingerprint density at radius 2 is 1.95 bits per heavy atom. The Morgan fingerprint density at radius 1 is 1.23 bits per heavy atom. The predicted octanol–water partition coefficient (Wildman–Crippen LogP) is 2.09. The summed E-state index contributed by atoms with van der Waals surface area (Å²) in [6.07, 6.45) is 4.91. The van der Waals surface area contributed by atoms with Gasteiger partial charge in [-0.05, 0) is 51.6 Å². The standard InChI is InChI=1S/C17H36N4O/c1-5-18-17(19-9-8-12-22-4)20-14-16(13-15(2)3)21-10-6-7-11-21/h15-16H,5-14H2,1-4H3,(H2,18,19,20). The van der Waals surface area contributed by atoms with Gasteiger partial charge in [0.15, 0.2) is 5.96 Å². The number of nitrogens with zero attached hydrogens (tertiary/aromatic N) is 2. The molecule has 0 aromatic heterocycles. The van der Waals surface area contributed by atoms with Gasteiger partial charge >= 0.3 is 0 Å². The van der Waals surface area contributed by atoms with Crippen LogP contribution in [0.5, 0.6) is 0 Å². The first-order valence-corrected chi connectivity index (χ1v) is 8.92. The minimum Gasteiger partial charge on any atom is -0.385 e. The zero-order chi connectivity index (χ0) is 16.2. The van der Waals surface area contributed by atoms with Crippen LogP contribution in [0.3, 0.4) is 0 Å². The number of likely N-dealkylation sites (tertiary alicyclic amines) is 1. The second-order valence-corrected chi connectivity index (χ2v) is 6.52. The second kappa shape index (κ2) is 11.7. The van der Waals surface area contributed by atoms with Gasteiger partial charge in [-0.1, -0.05) is 13.8 Å². The van der Waals surface area contributed by atoms with Gasteiger partial charge in [0.1, 0.15) is 0 Å². The minimum absolute atomic E-state index is 0.580. The van der Waals surface area contributed by atoms with Crippen molar-refractivity contribution < 1.29 is 4.74 Å². The average Bonchev–Trinajstić information content (AvgIpc) is 3.01. The van der Waals surface area contributed by atoms with Crippen molar-refractivity contribution in [3.8, 4) is 0 Å². The van der Waals surface area contributed by atoms with Gasteiger partial charge in [0.25, 0.3) is 0 Å². The lowest BCUT2D eigenvalue weighted by atomic mass is 10.0. The van der Waals surface area contributed by atoms with E-state index in [9.17, 15) is 0 Å². The van der Waals surface area contributed by atoms with Crippen molar-refractivity contribution in [1.82, 2.24) is 15.5 Å². The molecular weight excluding hydrogens is 276 g/mol. The van der Waals surface area contributed by atoms with E-state index in [1.807, 2.05) is 0 Å². The van der Waals surface area contributed by atoms with Gasteiger partial charge in [-0.25, -0.2) is 0 Å². The summed E-state index contributed by atoms with van der Waals surface area (Å²) in [5.41, 5.74) is 0. The Morgan fingerprint density at radius 3 is 2.55 bits per heavy atom. The molecule has 0 aromatic carbocycles. The summed E-state index contributed by atoms with van der Waals surface area (Å²) in [5.74, 6) is 1.66. The molecule has 2 N–H and O–H groups in total. The molecule has 1 aliphatic rings. The van der Waals surface area contributed by atoms with Gasteiger partial charge in [0, 0.05) is 32.8 Å². The Labute approximate surface area is 136 Å². The molecule has 1 rings (SSSR count). The van der Waals surface area contributed by atoms with Crippen LogP contribution in [-0.4, -0.2) is 63.3 Å². The van der Waals surface area contributed by atoms with Gasteiger partial charge in [0.2, 0.25) is 0 Å². The summed E-state index contributed by atoms with van der Waals surface area (Å²) >= 11 is 0. The number of aliphatic imine (C=N–C) groups is 1. The maximum Gasteiger partial charge on any atom is 0.191 e. The molecule has 1 saturated heterocycles. The molecule has 0 spiro atoms. The van der Waals surface area contributed by atoms with E-state index in [1.54, 1.807) is 7.11 Å². The van der Waals surface area contributed by atoms with Crippen molar-refractivity contribution in [3.05, 3.63) is 0 Å². The molecule has 1 aliphatic heterocycles. The quantitative estimate of drug-likeness (QED) is 0.368. The first-order valence-electron chi connectivity index (χ1n) is 8.92. The van der Waals surface area contributed by atoms with Gasteiger partial charge in [0.05, 0.1) is 6.54 Å². The topological polar surface area (TPSA) is 48.9 Å². The third-order valence-corrected chi connectivity index (χ3v) is 4.02. The maximum absolute atomic E-state index is 5.09. The summed E-state index contributed by atoms with van der Waals surface area (Å²) in [4.78, 5) is 7.44. The summed E-state index contributed by atoms with van der Waals surface area (Å²) < 4.78 is 5.09. The van der Waals surface area contributed by atoms with Crippen molar-refractivity contribution in [2.75, 3.05) is 46.4 Å². The third-order valence-electron chi connectivity index (χ3n) is 4.02. The van der Waals surface area contributed by atoms with Gasteiger partial charge < -0.3 is 15.4 Å². The van der Waals surface area contributed by atoms with E-state index in [1.165, 1.54) is 32.4 Å². The Hall–Kier alpha value is -0.810. The van der Waals surface area contributed by atoms with Crippen molar-refractivity contribution in [3.63, 3.8) is 0 Å². The van der Waals surface area contributed by atoms with Crippen molar-refractivity contribution >= 4 is 5.96 Å². The maximum atomic E-state index is 5.09. The minimum atomic E-state index is 0.580. The highest BCUT2D eigenvalue weighted by atomic mass is 16.5. The van der Waals surface area contributed by atoms with Crippen LogP contribution in [0.1, 0.15) is 46.5 Å². The number of methoxy groups -OCH3 is 1. The monoisotopic (exact) mass is 312 g/mol. The van der Waals surface area contributed by atoms with Crippen LogP contribution in [0.4, 0.5) is 0 Å². The van der Waals surface area contributed by atoms with Crippen LogP contribution in [0, 0.1) is 5.92 Å². The lowest BCUT2D eigenvalue weighted by Gasteiger charge is -2.28. The molecule has 0 bridgehead atoms. The smallest absolute Gasteiger partial charge is 0.191 e. The normalized spacial score (nSPS) is 18.0. The number of hydrogen-bond donors (Lipinski definition) is 2. The molecule has 130 valence electrons. The molecule has 1 unspecified atom stereocenters. The number of guanidine groups is 1. The SMILES string of the molecule is CCNC(=NCC(CC(C)C)N1CCCC1)NCCCOC. The van der Waals surface area contributed by atoms with E-state index in [-0.39, 0.29) is 0 Å². The van der Waals surface area contributed by atoms with E-state index in [0.717, 1.165) is 44.5 Å². The first-order chi connectivity index (χ1) is 10.7. The molecular formula is C17H36N4O. The van der Waals surface area contributed by atoms with E-state index in [0.29, 0.717) is 6.04 Å². The first kappa shape index (κ1) is 19.2. The molecule has 0 amide bonds. The lowest BCUT2D eigenvalue weighted by molar-refractivity contribution is 0.195. The number of hydrogen-bond acceptors (Lipinski definition) is 3. The van der Waals surface area contributed by atoms with Crippen LogP contribution in [-0.2, 0) is 4.74 Å². The van der Waals surface area contributed by atoms with Crippen molar-refractivity contribution in [2.45, 2.75) is 52.5 Å². The fourth-order valence-corrected chi connectivity index (χ4v) is 2.95. The van der Waals surface area contributed by atoms with Crippen LogP contribution in [0.15, 0.2) is 4.99 Å². The summed E-state index contributed by atoms with van der Waals surface area (Å²) in [5, 5.41) is 6.73. The molecule has 0 saturated carbocycles. The number of rotatable bonds is 10. The van der Waals surface area contributed by atoms with Crippen molar-refractivity contribution in [1.29, 1.82) is 0 Å². The molecule has 22 heavy (non-hydrogen) atoms. The molecule has 0 radical (unpaired) electrons. The zero-order valence-electron chi connectivity index (χ0n) is 15.0. The highest BCUT2D eigenvalue weighted by molar-refractivity contribution is 5.79. The zero-order valence-corrected chi connectivity index (χ0v) is 15.0. The van der Waals surface area contributed by atoms with Gasteiger partial charge in [-0.3, -0.25) is 9.89 Å². The highest BCUT2D eigenvalue weighted by Gasteiger charge is 2.22. The lowest BCUT2D eigenvalue weighted by Crippen LogP contribution is -2.41. The van der Waals surface area contributed by atoms with E-state index >= 15 is 0 Å². The van der Waals surface area contributed by atoms with Gasteiger partial charge in [-0.2, -0.15) is 0 Å². The van der Waals surface area contributed by atoms with Crippen LogP contribution in [0.25, 0.3) is 0 Å². The van der Waals surface area contributed by atoms with Crippen molar-refractivity contribution in [2.24, 2.45) is 10.9 Å². The number of ether oxygens (including phenoxy) is 1. The largest absolute Gasteiger partial charge is 0.385 e. The predicted molar refractivity (Wildman–Crippen MR) is 94.5 cm³/mol. The Kier molecular flexibility index (Phi) is 10.2. The van der Waals surface area contributed by atoms with Crippen LogP contribution in [0.2, 0.25) is 0 Å². The molecule has 0 aromatic rings. The molecule has 5 nitrogen and oxygen atoms in total. The third kappa shape index (κ3) is 7.99. The molecule has 0 aliphatic carbocycles. The Balaban J connectivity index is 2.50. The Bertz CT molecular complexity index is 301. The highest BCUT2D eigenvalue weighted by Crippen LogP contribution is 2.18. The molecule has 1 fully saturated rings. The van der Waals surface area contributed by atoms with E-state index in [2.05, 4.69) is 36.3 Å². The van der Waals surface area contributed by atoms with Crippen LogP contribution >= 0.6 is 0 Å².